The van der Waals surface area contributed by atoms with Gasteiger partial charge in [-0.25, -0.2) is 4.39 Å². The van der Waals surface area contributed by atoms with E-state index in [1.54, 1.807) is 50.4 Å². The molecule has 4 rings (SSSR count). The van der Waals surface area contributed by atoms with Crippen LogP contribution in [0.5, 0.6) is 5.75 Å². The molecule has 2 aromatic carbocycles. The van der Waals surface area contributed by atoms with Gasteiger partial charge in [0.1, 0.15) is 17.3 Å². The lowest BCUT2D eigenvalue weighted by atomic mass is 9.90. The Labute approximate surface area is 181 Å². The highest BCUT2D eigenvalue weighted by molar-refractivity contribution is 6.46. The second kappa shape index (κ2) is 8.53. The maximum Gasteiger partial charge on any atom is 0.295 e. The van der Waals surface area contributed by atoms with Gasteiger partial charge in [-0.2, -0.15) is 0 Å². The second-order valence-electron chi connectivity index (χ2n) is 8.20. The Hall–Kier alpha value is -3.15. The lowest BCUT2D eigenvalue weighted by Crippen LogP contribution is -2.40. The van der Waals surface area contributed by atoms with Gasteiger partial charge in [-0.05, 0) is 49.6 Å². The van der Waals surface area contributed by atoms with Crippen molar-refractivity contribution in [3.63, 3.8) is 0 Å². The number of hydrogen-bond acceptors (Lipinski definition) is 4. The number of carbonyl (C=O) groups excluding carboxylic acids is 2. The molecule has 0 bridgehead atoms. The Morgan fingerprint density at radius 2 is 1.81 bits per heavy atom. The summed E-state index contributed by atoms with van der Waals surface area (Å²) in [6, 6.07) is 10.1. The first-order chi connectivity index (χ1) is 14.9. The van der Waals surface area contributed by atoms with Crippen molar-refractivity contribution in [2.24, 2.45) is 0 Å². The largest absolute Gasteiger partial charge is 0.507 e. The Morgan fingerprint density at radius 1 is 1.10 bits per heavy atom. The molecule has 1 aliphatic carbocycles. The molecule has 1 aliphatic heterocycles. The fraction of sp³-hybridized carbons (Fsp3) is 0.360. The van der Waals surface area contributed by atoms with E-state index < -0.39 is 23.5 Å². The Bertz CT molecular complexity index is 1060. The fourth-order valence-electron chi connectivity index (χ4n) is 4.76. The van der Waals surface area contributed by atoms with Crippen molar-refractivity contribution in [3.8, 4) is 5.75 Å². The summed E-state index contributed by atoms with van der Waals surface area (Å²) in [5.41, 5.74) is 1.27. The van der Waals surface area contributed by atoms with Crippen LogP contribution in [-0.4, -0.2) is 34.8 Å². The number of methoxy groups -OCH3 is 1. The highest BCUT2D eigenvalue weighted by Gasteiger charge is 2.49. The molecule has 0 aromatic heterocycles. The summed E-state index contributed by atoms with van der Waals surface area (Å²) >= 11 is 0. The number of ether oxygens (including phenoxy) is 1. The van der Waals surface area contributed by atoms with Crippen LogP contribution < -0.4 is 4.74 Å². The molecule has 5 nitrogen and oxygen atoms in total. The average Bonchev–Trinajstić information content (AvgIpc) is 3.04. The van der Waals surface area contributed by atoms with E-state index >= 15 is 0 Å². The lowest BCUT2D eigenvalue weighted by Gasteiger charge is -2.35. The number of benzene rings is 2. The number of Topliss-reactive ketones (excluding diaryl/α,β-unsaturated/α-hetero) is 1. The van der Waals surface area contributed by atoms with Gasteiger partial charge in [-0.1, -0.05) is 37.5 Å². The first-order valence-electron chi connectivity index (χ1n) is 10.6. The molecule has 2 aromatic rings. The van der Waals surface area contributed by atoms with Crippen molar-refractivity contribution in [2.45, 2.75) is 51.1 Å². The molecule has 31 heavy (non-hydrogen) atoms. The zero-order chi connectivity index (χ0) is 22.1. The van der Waals surface area contributed by atoms with Crippen molar-refractivity contribution in [1.29, 1.82) is 0 Å². The van der Waals surface area contributed by atoms with Gasteiger partial charge < -0.3 is 14.7 Å². The number of ketones is 1. The Morgan fingerprint density at radius 3 is 2.45 bits per heavy atom. The van der Waals surface area contributed by atoms with Crippen LogP contribution in [0.25, 0.3) is 5.76 Å². The second-order valence-corrected chi connectivity index (χ2v) is 8.20. The molecular formula is C25H26FNO4. The molecule has 1 heterocycles. The number of carbonyl (C=O) groups is 2. The summed E-state index contributed by atoms with van der Waals surface area (Å²) in [7, 11) is 1.54. The number of likely N-dealkylation sites (tertiary alicyclic amines) is 1. The van der Waals surface area contributed by atoms with E-state index in [1.165, 1.54) is 11.0 Å². The Balaban J connectivity index is 1.90. The molecule has 2 fully saturated rings. The number of aryl methyl sites for hydroxylation is 1. The number of hydrogen-bond donors (Lipinski definition) is 1. The smallest absolute Gasteiger partial charge is 0.295 e. The molecule has 162 valence electrons. The molecule has 1 saturated heterocycles. The summed E-state index contributed by atoms with van der Waals surface area (Å²) in [5, 5.41) is 11.2. The highest BCUT2D eigenvalue weighted by Crippen LogP contribution is 2.44. The van der Waals surface area contributed by atoms with Crippen LogP contribution in [0.4, 0.5) is 4.39 Å². The van der Waals surface area contributed by atoms with Gasteiger partial charge in [-0.15, -0.1) is 0 Å². The molecule has 1 atom stereocenters. The van der Waals surface area contributed by atoms with Gasteiger partial charge in [0.05, 0.1) is 18.7 Å². The summed E-state index contributed by atoms with van der Waals surface area (Å²) in [6.07, 6.45) is 4.51. The molecule has 0 radical (unpaired) electrons. The van der Waals surface area contributed by atoms with Crippen molar-refractivity contribution >= 4 is 17.4 Å². The summed E-state index contributed by atoms with van der Waals surface area (Å²) in [4.78, 5) is 27.8. The normalized spacial score (nSPS) is 21.5. The van der Waals surface area contributed by atoms with Crippen LogP contribution in [0, 0.1) is 12.7 Å². The third-order valence-corrected chi connectivity index (χ3v) is 6.34. The topological polar surface area (TPSA) is 66.8 Å². The molecule has 1 saturated carbocycles. The van der Waals surface area contributed by atoms with Crippen LogP contribution in [-0.2, 0) is 9.59 Å². The van der Waals surface area contributed by atoms with Gasteiger partial charge >= 0.3 is 0 Å². The van der Waals surface area contributed by atoms with Gasteiger partial charge in [0.15, 0.2) is 0 Å². The number of nitrogens with zero attached hydrogens (tertiary/aromatic N) is 1. The molecule has 1 amide bonds. The van der Waals surface area contributed by atoms with E-state index in [9.17, 15) is 19.1 Å². The first kappa shape index (κ1) is 21.1. The zero-order valence-corrected chi connectivity index (χ0v) is 17.7. The number of halogens is 1. The van der Waals surface area contributed by atoms with Crippen LogP contribution in [0.3, 0.4) is 0 Å². The van der Waals surface area contributed by atoms with E-state index in [-0.39, 0.29) is 22.9 Å². The zero-order valence-electron chi connectivity index (χ0n) is 17.7. The number of amides is 1. The Kier molecular flexibility index (Phi) is 5.81. The third kappa shape index (κ3) is 3.71. The summed E-state index contributed by atoms with van der Waals surface area (Å²) in [6.45, 7) is 1.78. The minimum Gasteiger partial charge on any atom is -0.507 e. The van der Waals surface area contributed by atoms with E-state index in [4.69, 9.17) is 4.74 Å². The SMILES string of the molecule is COc1ccc(/C(O)=C2\C(=O)C(=O)N(C3CCCCC3)C2c2ccccc2F)c(C)c1. The van der Waals surface area contributed by atoms with Gasteiger partial charge in [-0.3, -0.25) is 9.59 Å². The molecular weight excluding hydrogens is 397 g/mol. The van der Waals surface area contributed by atoms with Crippen molar-refractivity contribution in [1.82, 2.24) is 4.90 Å². The molecule has 0 spiro atoms. The number of rotatable bonds is 4. The summed E-state index contributed by atoms with van der Waals surface area (Å²) < 4.78 is 20.1. The minimum atomic E-state index is -0.953. The van der Waals surface area contributed by atoms with E-state index in [0.717, 1.165) is 32.1 Å². The summed E-state index contributed by atoms with van der Waals surface area (Å²) in [5.74, 6) is -1.63. The standard InChI is InChI=1S/C25H26FNO4/c1-15-14-17(31-2)12-13-18(15)23(28)21-22(19-10-6-7-11-20(19)26)27(25(30)24(21)29)16-8-4-3-5-9-16/h6-7,10-14,16,22,28H,3-5,8-9H2,1-2H3/b23-21+. The van der Waals surface area contributed by atoms with Gasteiger partial charge in [0, 0.05) is 17.2 Å². The quantitative estimate of drug-likeness (QED) is 0.432. The monoisotopic (exact) mass is 423 g/mol. The number of aliphatic hydroxyl groups is 1. The predicted molar refractivity (Wildman–Crippen MR) is 115 cm³/mol. The van der Waals surface area contributed by atoms with E-state index in [2.05, 4.69) is 0 Å². The fourth-order valence-corrected chi connectivity index (χ4v) is 4.76. The van der Waals surface area contributed by atoms with Gasteiger partial charge in [0.2, 0.25) is 0 Å². The predicted octanol–water partition coefficient (Wildman–Crippen LogP) is 4.90. The van der Waals surface area contributed by atoms with Crippen LogP contribution in [0.2, 0.25) is 0 Å². The average molecular weight is 423 g/mol. The van der Waals surface area contributed by atoms with Crippen molar-refractivity contribution in [2.75, 3.05) is 7.11 Å². The highest BCUT2D eigenvalue weighted by atomic mass is 19.1. The van der Waals surface area contributed by atoms with E-state index in [0.29, 0.717) is 16.9 Å². The van der Waals surface area contributed by atoms with E-state index in [1.807, 2.05) is 0 Å². The van der Waals surface area contributed by atoms with Crippen LogP contribution >= 0.6 is 0 Å². The van der Waals surface area contributed by atoms with Crippen molar-refractivity contribution < 1.29 is 23.8 Å². The van der Waals surface area contributed by atoms with Crippen LogP contribution in [0.15, 0.2) is 48.0 Å². The molecule has 1 unspecified atom stereocenters. The molecule has 2 aliphatic rings. The van der Waals surface area contributed by atoms with Crippen LogP contribution in [0.1, 0.15) is 54.8 Å². The van der Waals surface area contributed by atoms with Gasteiger partial charge in [0.25, 0.3) is 11.7 Å². The maximum atomic E-state index is 14.9. The lowest BCUT2D eigenvalue weighted by molar-refractivity contribution is -0.141. The minimum absolute atomic E-state index is 0.0612. The third-order valence-electron chi connectivity index (χ3n) is 6.34. The molecule has 1 N–H and O–H groups in total. The van der Waals surface area contributed by atoms with Crippen molar-refractivity contribution in [3.05, 3.63) is 70.5 Å². The first-order valence-corrected chi connectivity index (χ1v) is 10.6. The maximum absolute atomic E-state index is 14.9. The molecule has 6 heteroatoms. The number of aliphatic hydroxyl groups excluding tert-OH is 1.